The molecule has 84 valence electrons. The van der Waals surface area contributed by atoms with E-state index in [0.717, 1.165) is 16.6 Å². The number of pyridine rings is 1. The Morgan fingerprint density at radius 3 is 2.82 bits per heavy atom. The van der Waals surface area contributed by atoms with Crippen molar-refractivity contribution in [1.29, 1.82) is 5.26 Å². The zero-order chi connectivity index (χ0) is 12.4. The average Bonchev–Trinajstić information content (AvgIpc) is 2.78. The number of nitriles is 1. The molecular formula is C10H7N5O2. The summed E-state index contributed by atoms with van der Waals surface area (Å²) in [5, 5.41) is 25.0. The lowest BCUT2D eigenvalue weighted by Gasteiger charge is -2.00. The molecule has 0 aliphatic carbocycles. The number of carboxylic acids is 1. The molecule has 2 aromatic rings. The molecule has 0 atom stereocenters. The monoisotopic (exact) mass is 229 g/mol. The van der Waals surface area contributed by atoms with Crippen molar-refractivity contribution < 1.29 is 9.90 Å². The lowest BCUT2D eigenvalue weighted by molar-refractivity contribution is 0.0690. The molecule has 17 heavy (non-hydrogen) atoms. The maximum Gasteiger partial charge on any atom is 0.358 e. The van der Waals surface area contributed by atoms with Crippen LogP contribution in [0.3, 0.4) is 0 Å². The van der Waals surface area contributed by atoms with E-state index in [1.165, 1.54) is 6.20 Å². The van der Waals surface area contributed by atoms with E-state index in [9.17, 15) is 4.79 Å². The number of carbonyl (C=O) groups is 1. The van der Waals surface area contributed by atoms with Crippen LogP contribution in [0.25, 0.3) is 5.82 Å². The van der Waals surface area contributed by atoms with Crippen LogP contribution >= 0.6 is 0 Å². The molecule has 0 amide bonds. The van der Waals surface area contributed by atoms with E-state index in [2.05, 4.69) is 15.2 Å². The highest BCUT2D eigenvalue weighted by Crippen LogP contribution is 2.09. The predicted octanol–water partition coefficient (Wildman–Crippen LogP) is 0.541. The quantitative estimate of drug-likeness (QED) is 0.805. The highest BCUT2D eigenvalue weighted by atomic mass is 16.4. The molecule has 0 bridgehead atoms. The first-order chi connectivity index (χ1) is 8.11. The molecule has 2 aromatic heterocycles. The topological polar surface area (TPSA) is 105 Å². The number of aryl methyl sites for hydroxylation is 1. The molecule has 0 aliphatic rings. The summed E-state index contributed by atoms with van der Waals surface area (Å²) in [6.07, 6.45) is 2.53. The molecule has 0 spiro atoms. The van der Waals surface area contributed by atoms with Gasteiger partial charge in [-0.15, -0.1) is 9.90 Å². The van der Waals surface area contributed by atoms with Crippen molar-refractivity contribution in [2.24, 2.45) is 0 Å². The molecule has 2 rings (SSSR count). The first-order valence-electron chi connectivity index (χ1n) is 4.64. The van der Waals surface area contributed by atoms with E-state index in [1.807, 2.05) is 6.07 Å². The largest absolute Gasteiger partial charge is 0.476 e. The second kappa shape index (κ2) is 4.02. The molecule has 2 heterocycles. The zero-order valence-corrected chi connectivity index (χ0v) is 8.82. The Morgan fingerprint density at radius 2 is 2.29 bits per heavy atom. The van der Waals surface area contributed by atoms with Crippen molar-refractivity contribution in [1.82, 2.24) is 20.0 Å². The fourth-order valence-electron chi connectivity index (χ4n) is 1.24. The predicted molar refractivity (Wildman–Crippen MR) is 55.6 cm³/mol. The molecule has 0 radical (unpaired) electrons. The Kier molecular flexibility index (Phi) is 2.54. The van der Waals surface area contributed by atoms with Crippen LogP contribution in [0.2, 0.25) is 0 Å². The number of rotatable bonds is 2. The minimum atomic E-state index is -1.15. The maximum absolute atomic E-state index is 10.6. The van der Waals surface area contributed by atoms with Crippen LogP contribution in [0.1, 0.15) is 21.6 Å². The molecule has 1 N–H and O–H groups in total. The summed E-state index contributed by atoms with van der Waals surface area (Å²) in [4.78, 5) is 15.7. The third-order valence-electron chi connectivity index (χ3n) is 2.13. The summed E-state index contributed by atoms with van der Waals surface area (Å²) in [6.45, 7) is 1.76. The van der Waals surface area contributed by atoms with Gasteiger partial charge in [-0.25, -0.2) is 9.78 Å². The highest BCUT2D eigenvalue weighted by molar-refractivity contribution is 5.84. The summed E-state index contributed by atoms with van der Waals surface area (Å²) in [7, 11) is 0. The van der Waals surface area contributed by atoms with Crippen LogP contribution in [0.15, 0.2) is 18.5 Å². The highest BCUT2D eigenvalue weighted by Gasteiger charge is 2.10. The van der Waals surface area contributed by atoms with Gasteiger partial charge in [0.15, 0.2) is 11.5 Å². The summed E-state index contributed by atoms with van der Waals surface area (Å²) < 4.78 is 0. The van der Waals surface area contributed by atoms with Gasteiger partial charge < -0.3 is 5.11 Å². The van der Waals surface area contributed by atoms with Crippen LogP contribution < -0.4 is 0 Å². The molecule has 7 nitrogen and oxygen atoms in total. The average molecular weight is 229 g/mol. The minimum absolute atomic E-state index is 0.159. The fraction of sp³-hybridized carbons (Fsp3) is 0.100. The zero-order valence-electron chi connectivity index (χ0n) is 8.82. The lowest BCUT2D eigenvalue weighted by Crippen LogP contribution is -2.05. The van der Waals surface area contributed by atoms with Crippen molar-refractivity contribution in [3.05, 3.63) is 35.3 Å². The normalized spacial score (nSPS) is 9.88. The number of aromatic carboxylic acids is 1. The van der Waals surface area contributed by atoms with Gasteiger partial charge in [0.2, 0.25) is 0 Å². The molecular weight excluding hydrogens is 222 g/mol. The smallest absolute Gasteiger partial charge is 0.358 e. The molecule has 7 heteroatoms. The van der Waals surface area contributed by atoms with E-state index in [-0.39, 0.29) is 5.69 Å². The van der Waals surface area contributed by atoms with Crippen molar-refractivity contribution in [3.63, 3.8) is 0 Å². The summed E-state index contributed by atoms with van der Waals surface area (Å²) in [5.41, 5.74) is 1.03. The first-order valence-corrected chi connectivity index (χ1v) is 4.64. The van der Waals surface area contributed by atoms with Gasteiger partial charge in [0.05, 0.1) is 11.8 Å². The maximum atomic E-state index is 10.6. The van der Waals surface area contributed by atoms with E-state index < -0.39 is 5.97 Å². The minimum Gasteiger partial charge on any atom is -0.476 e. The van der Waals surface area contributed by atoms with Gasteiger partial charge in [0, 0.05) is 6.20 Å². The second-order valence-corrected chi connectivity index (χ2v) is 3.29. The Morgan fingerprint density at radius 1 is 1.53 bits per heavy atom. The number of aromatic nitrogens is 4. The standard InChI is InChI=1S/C10H7N5O2/c1-6-2-9(12-4-7(6)3-11)15-13-5-8(14-15)10(16)17/h2,4-5H,1H3,(H,16,17). The number of nitrogens with zero attached hydrogens (tertiary/aromatic N) is 5. The molecule has 0 aromatic carbocycles. The van der Waals surface area contributed by atoms with Gasteiger partial charge in [-0.3, -0.25) is 0 Å². The molecule has 0 unspecified atom stereocenters. The third kappa shape index (κ3) is 1.96. The molecule has 0 saturated heterocycles. The van der Waals surface area contributed by atoms with Crippen molar-refractivity contribution in [2.45, 2.75) is 6.92 Å². The van der Waals surface area contributed by atoms with E-state index >= 15 is 0 Å². The van der Waals surface area contributed by atoms with E-state index in [1.54, 1.807) is 13.0 Å². The van der Waals surface area contributed by atoms with Crippen molar-refractivity contribution >= 4 is 5.97 Å². The number of hydrogen-bond donors (Lipinski definition) is 1. The van der Waals surface area contributed by atoms with Crippen molar-refractivity contribution in [3.8, 4) is 11.9 Å². The third-order valence-corrected chi connectivity index (χ3v) is 2.13. The van der Waals surface area contributed by atoms with Crippen molar-refractivity contribution in [2.75, 3.05) is 0 Å². The van der Waals surface area contributed by atoms with E-state index in [4.69, 9.17) is 10.4 Å². The van der Waals surface area contributed by atoms with Gasteiger partial charge >= 0.3 is 5.97 Å². The summed E-state index contributed by atoms with van der Waals surface area (Å²) in [6, 6.07) is 3.61. The summed E-state index contributed by atoms with van der Waals surface area (Å²) in [5.74, 6) is -0.782. The second-order valence-electron chi connectivity index (χ2n) is 3.29. The van der Waals surface area contributed by atoms with Crippen LogP contribution in [-0.2, 0) is 0 Å². The van der Waals surface area contributed by atoms with Gasteiger partial charge in [-0.05, 0) is 18.6 Å². The molecule has 0 aliphatic heterocycles. The Hall–Kier alpha value is -2.75. The number of hydrogen-bond acceptors (Lipinski definition) is 5. The first kappa shape index (κ1) is 10.8. The van der Waals surface area contributed by atoms with Crippen LogP contribution in [0.4, 0.5) is 0 Å². The van der Waals surface area contributed by atoms with Crippen LogP contribution in [-0.4, -0.2) is 31.1 Å². The SMILES string of the molecule is Cc1cc(-n2ncc(C(=O)O)n2)ncc1C#N. The Bertz CT molecular complexity index is 626. The summed E-state index contributed by atoms with van der Waals surface area (Å²) >= 11 is 0. The van der Waals surface area contributed by atoms with E-state index in [0.29, 0.717) is 11.4 Å². The number of carboxylic acid groups (broad SMARTS) is 1. The van der Waals surface area contributed by atoms with Crippen LogP contribution in [0, 0.1) is 18.3 Å². The van der Waals surface area contributed by atoms with Gasteiger partial charge in [0.1, 0.15) is 6.07 Å². The molecule has 0 fully saturated rings. The fourth-order valence-corrected chi connectivity index (χ4v) is 1.24. The van der Waals surface area contributed by atoms with Gasteiger partial charge in [-0.2, -0.15) is 10.4 Å². The molecule has 0 saturated carbocycles. The lowest BCUT2D eigenvalue weighted by atomic mass is 10.2. The Labute approximate surface area is 95.9 Å². The Balaban J connectivity index is 2.43. The van der Waals surface area contributed by atoms with Gasteiger partial charge in [0.25, 0.3) is 0 Å². The van der Waals surface area contributed by atoms with Crippen LogP contribution in [0.5, 0.6) is 0 Å². The van der Waals surface area contributed by atoms with Gasteiger partial charge in [-0.1, -0.05) is 0 Å².